The summed E-state index contributed by atoms with van der Waals surface area (Å²) < 4.78 is 18.9. The minimum absolute atomic E-state index is 0.213. The average Bonchev–Trinajstić information content (AvgIpc) is 3.23. The highest BCUT2D eigenvalue weighted by molar-refractivity contribution is 7.07. The Bertz CT molecular complexity index is 1470. The normalized spacial score (nSPS) is 15.2. The molecular weight excluding hydrogens is 488 g/mol. The van der Waals surface area contributed by atoms with Gasteiger partial charge in [-0.3, -0.25) is 9.36 Å². The number of carbonyl (C=O) groups is 1. The maximum atomic E-state index is 13.8. The first kappa shape index (κ1) is 26.4. The molecule has 0 unspecified atom stereocenters. The first-order valence-corrected chi connectivity index (χ1v) is 13.4. The number of esters is 1. The van der Waals surface area contributed by atoms with Gasteiger partial charge in [-0.1, -0.05) is 68.0 Å². The molecule has 8 heteroatoms. The second kappa shape index (κ2) is 12.1. The van der Waals surface area contributed by atoms with Crippen molar-refractivity contribution < 1.29 is 19.0 Å². The van der Waals surface area contributed by atoms with Crippen LogP contribution in [0.15, 0.2) is 69.6 Å². The minimum Gasteiger partial charge on any atom is -0.490 e. The van der Waals surface area contributed by atoms with Crippen molar-refractivity contribution in [3.8, 4) is 11.5 Å². The summed E-state index contributed by atoms with van der Waals surface area (Å²) in [7, 11) is 1.35. The lowest BCUT2D eigenvalue weighted by atomic mass is 9.95. The van der Waals surface area contributed by atoms with Gasteiger partial charge < -0.3 is 14.2 Å². The molecule has 37 heavy (non-hydrogen) atoms. The fourth-order valence-corrected chi connectivity index (χ4v) is 5.31. The summed E-state index contributed by atoms with van der Waals surface area (Å²) in [6.07, 6.45) is 4.38. The number of hydrogen-bond acceptors (Lipinski definition) is 7. The van der Waals surface area contributed by atoms with E-state index in [0.717, 1.165) is 24.0 Å². The van der Waals surface area contributed by atoms with Crippen LogP contribution in [0.4, 0.5) is 0 Å². The minimum atomic E-state index is -0.615. The van der Waals surface area contributed by atoms with Gasteiger partial charge in [-0.15, -0.1) is 0 Å². The van der Waals surface area contributed by atoms with E-state index >= 15 is 0 Å². The third-order valence-electron chi connectivity index (χ3n) is 6.09. The van der Waals surface area contributed by atoms with Gasteiger partial charge in [0.1, 0.15) is 0 Å². The first-order chi connectivity index (χ1) is 18.0. The number of fused-ring (bicyclic) bond motifs is 1. The molecule has 1 aliphatic heterocycles. The first-order valence-electron chi connectivity index (χ1n) is 12.6. The molecule has 3 aromatic rings. The van der Waals surface area contributed by atoms with E-state index in [1.165, 1.54) is 18.4 Å². The lowest BCUT2D eigenvalue weighted by Crippen LogP contribution is -2.40. The number of nitrogens with zero attached hydrogens (tertiary/aromatic N) is 2. The molecule has 1 aliphatic rings. The molecule has 1 atom stereocenters. The zero-order valence-electron chi connectivity index (χ0n) is 21.7. The van der Waals surface area contributed by atoms with Gasteiger partial charge in [-0.05, 0) is 49.1 Å². The Morgan fingerprint density at radius 3 is 2.54 bits per heavy atom. The van der Waals surface area contributed by atoms with E-state index in [4.69, 9.17) is 19.2 Å². The Balaban J connectivity index is 1.85. The van der Waals surface area contributed by atoms with Gasteiger partial charge in [0.2, 0.25) is 0 Å². The molecule has 2 aromatic carbocycles. The fourth-order valence-electron chi connectivity index (χ4n) is 4.29. The smallest absolute Gasteiger partial charge is 0.338 e. The highest BCUT2D eigenvalue weighted by Gasteiger charge is 2.33. The topological polar surface area (TPSA) is 79.1 Å². The lowest BCUT2D eigenvalue weighted by Gasteiger charge is -2.25. The second-order valence-corrected chi connectivity index (χ2v) is 9.55. The molecular formula is C29H32N2O5S. The zero-order valence-corrected chi connectivity index (χ0v) is 22.5. The van der Waals surface area contributed by atoms with Crippen LogP contribution >= 0.6 is 11.3 Å². The molecule has 1 aromatic heterocycles. The van der Waals surface area contributed by atoms with Crippen LogP contribution in [0.3, 0.4) is 0 Å². The van der Waals surface area contributed by atoms with Crippen molar-refractivity contribution in [3.63, 3.8) is 0 Å². The number of benzene rings is 2. The molecule has 0 fully saturated rings. The SMILES string of the molecule is CCCCOc1ccc(/C=c2\sc3n(c2=O)[C@H](c2ccccc2)C(C(=O)OC)=C(CC)N=3)cc1OCC. The molecule has 4 rings (SSSR count). The number of methoxy groups -OCH3 is 1. The lowest BCUT2D eigenvalue weighted by molar-refractivity contribution is -0.136. The number of rotatable bonds is 10. The van der Waals surface area contributed by atoms with Crippen LogP contribution in [0, 0.1) is 0 Å². The van der Waals surface area contributed by atoms with Gasteiger partial charge in [-0.25, -0.2) is 9.79 Å². The van der Waals surface area contributed by atoms with Crippen LogP contribution in [0.5, 0.6) is 11.5 Å². The summed E-state index contributed by atoms with van der Waals surface area (Å²) >= 11 is 1.31. The summed E-state index contributed by atoms with van der Waals surface area (Å²) in [4.78, 5) is 31.9. The van der Waals surface area contributed by atoms with E-state index in [-0.39, 0.29) is 5.56 Å². The largest absolute Gasteiger partial charge is 0.490 e. The van der Waals surface area contributed by atoms with Gasteiger partial charge >= 0.3 is 5.97 Å². The second-order valence-electron chi connectivity index (χ2n) is 8.54. The Hall–Kier alpha value is -3.65. The molecule has 2 heterocycles. The molecule has 0 bridgehead atoms. The van der Waals surface area contributed by atoms with Crippen LogP contribution in [-0.4, -0.2) is 30.9 Å². The highest BCUT2D eigenvalue weighted by atomic mass is 32.1. The molecule has 7 nitrogen and oxygen atoms in total. The van der Waals surface area contributed by atoms with Crippen molar-refractivity contribution in [1.29, 1.82) is 0 Å². The number of thiazole rings is 1. The third kappa shape index (κ3) is 5.54. The predicted octanol–water partition coefficient (Wildman–Crippen LogP) is 4.38. The highest BCUT2D eigenvalue weighted by Crippen LogP contribution is 2.32. The van der Waals surface area contributed by atoms with Crippen molar-refractivity contribution >= 4 is 23.4 Å². The van der Waals surface area contributed by atoms with E-state index < -0.39 is 12.0 Å². The van der Waals surface area contributed by atoms with Gasteiger partial charge in [0.05, 0.1) is 42.2 Å². The van der Waals surface area contributed by atoms with E-state index in [1.54, 1.807) is 4.57 Å². The maximum absolute atomic E-state index is 13.8. The summed E-state index contributed by atoms with van der Waals surface area (Å²) in [5.41, 5.74) is 2.44. The Morgan fingerprint density at radius 1 is 1.08 bits per heavy atom. The summed E-state index contributed by atoms with van der Waals surface area (Å²) in [5, 5.41) is 0. The summed E-state index contributed by atoms with van der Waals surface area (Å²) in [6.45, 7) is 7.11. The fraction of sp³-hybridized carbons (Fsp3) is 0.345. The number of carbonyl (C=O) groups excluding carboxylic acids is 1. The summed E-state index contributed by atoms with van der Waals surface area (Å²) in [6, 6.07) is 14.6. The van der Waals surface area contributed by atoms with Crippen molar-refractivity contribution in [2.75, 3.05) is 20.3 Å². The number of allylic oxidation sites excluding steroid dienone is 1. The van der Waals surface area contributed by atoms with Crippen molar-refractivity contribution in [2.24, 2.45) is 4.99 Å². The molecule has 0 amide bonds. The van der Waals surface area contributed by atoms with Gasteiger partial charge in [0.15, 0.2) is 16.3 Å². The summed E-state index contributed by atoms with van der Waals surface area (Å²) in [5.74, 6) is 0.848. The molecule has 0 N–H and O–H groups in total. The van der Waals surface area contributed by atoms with E-state index in [2.05, 4.69) is 6.92 Å². The monoisotopic (exact) mass is 520 g/mol. The maximum Gasteiger partial charge on any atom is 0.338 e. The van der Waals surface area contributed by atoms with E-state index in [0.29, 0.717) is 51.7 Å². The van der Waals surface area contributed by atoms with Crippen LogP contribution in [0.25, 0.3) is 6.08 Å². The van der Waals surface area contributed by atoms with E-state index in [9.17, 15) is 9.59 Å². The predicted molar refractivity (Wildman–Crippen MR) is 145 cm³/mol. The standard InChI is InChI=1S/C29H32N2O5S/c1-5-8-16-36-22-15-14-19(17-23(22)35-7-3)18-24-27(32)31-26(20-12-10-9-11-13-20)25(28(33)34-4)21(6-2)30-29(31)37-24/h9-15,17-18,26H,5-8,16H2,1-4H3/b24-18-/t26-/m1/s1. The number of ether oxygens (including phenoxy) is 3. The van der Waals surface area contributed by atoms with E-state index in [1.807, 2.05) is 68.5 Å². The molecule has 0 saturated heterocycles. The average molecular weight is 521 g/mol. The van der Waals surface area contributed by atoms with Crippen LogP contribution in [0.1, 0.15) is 57.2 Å². The number of hydrogen-bond donors (Lipinski definition) is 0. The zero-order chi connectivity index (χ0) is 26.4. The van der Waals surface area contributed by atoms with Crippen molar-refractivity contribution in [2.45, 2.75) is 46.1 Å². The van der Waals surface area contributed by atoms with Gasteiger partial charge in [-0.2, -0.15) is 0 Å². The molecule has 194 valence electrons. The Labute approximate surface area is 220 Å². The third-order valence-corrected chi connectivity index (χ3v) is 7.07. The van der Waals surface area contributed by atoms with Crippen LogP contribution < -0.4 is 24.4 Å². The van der Waals surface area contributed by atoms with Crippen molar-refractivity contribution in [1.82, 2.24) is 4.57 Å². The number of aromatic nitrogens is 1. The molecule has 0 saturated carbocycles. The quantitative estimate of drug-likeness (QED) is 0.293. The molecule has 0 aliphatic carbocycles. The Morgan fingerprint density at radius 2 is 1.86 bits per heavy atom. The molecule has 0 spiro atoms. The molecule has 0 radical (unpaired) electrons. The van der Waals surface area contributed by atoms with Crippen LogP contribution in [0.2, 0.25) is 0 Å². The Kier molecular flexibility index (Phi) is 8.61. The van der Waals surface area contributed by atoms with Gasteiger partial charge in [0, 0.05) is 0 Å². The van der Waals surface area contributed by atoms with Crippen LogP contribution in [-0.2, 0) is 9.53 Å². The number of unbranched alkanes of at least 4 members (excludes halogenated alkanes) is 1. The van der Waals surface area contributed by atoms with Crippen molar-refractivity contribution in [3.05, 3.63) is 90.6 Å². The van der Waals surface area contributed by atoms with Gasteiger partial charge in [0.25, 0.3) is 5.56 Å².